The molecule has 0 amide bonds. The first-order chi connectivity index (χ1) is 9.06. The predicted molar refractivity (Wildman–Crippen MR) is 74.7 cm³/mol. The van der Waals surface area contributed by atoms with Crippen molar-refractivity contribution in [3.05, 3.63) is 53.0 Å². The zero-order valence-electron chi connectivity index (χ0n) is 10.8. The van der Waals surface area contributed by atoms with Crippen LogP contribution in [0.25, 0.3) is 0 Å². The molecule has 1 unspecified atom stereocenters. The summed E-state index contributed by atoms with van der Waals surface area (Å²) in [6.45, 7) is 3.19. The van der Waals surface area contributed by atoms with E-state index in [1.165, 1.54) is 18.7 Å². The van der Waals surface area contributed by atoms with E-state index in [9.17, 15) is 9.59 Å². The van der Waals surface area contributed by atoms with Gasteiger partial charge in [0.05, 0.1) is 4.91 Å². The van der Waals surface area contributed by atoms with Crippen LogP contribution >= 0.6 is 11.8 Å². The third kappa shape index (κ3) is 3.58. The van der Waals surface area contributed by atoms with Gasteiger partial charge in [0.15, 0.2) is 6.10 Å². The Morgan fingerprint density at radius 3 is 2.58 bits per heavy atom. The third-order valence-electron chi connectivity index (χ3n) is 2.54. The summed E-state index contributed by atoms with van der Waals surface area (Å²) in [4.78, 5) is 24.8. The van der Waals surface area contributed by atoms with Gasteiger partial charge < -0.3 is 4.74 Å². The van der Waals surface area contributed by atoms with Crippen LogP contribution in [0.5, 0.6) is 0 Å². The number of hydrogen-bond acceptors (Lipinski definition) is 4. The van der Waals surface area contributed by atoms with Crippen molar-refractivity contribution in [3.8, 4) is 0 Å². The monoisotopic (exact) mass is 274 g/mol. The minimum absolute atomic E-state index is 0.172. The summed E-state index contributed by atoms with van der Waals surface area (Å²) in [5.41, 5.74) is 0.921. The molecule has 0 aliphatic heterocycles. The van der Waals surface area contributed by atoms with E-state index < -0.39 is 12.1 Å². The number of allylic oxidation sites excluding steroid dienone is 2. The molecule has 0 N–H and O–H groups in total. The van der Waals surface area contributed by atoms with Crippen molar-refractivity contribution in [1.29, 1.82) is 0 Å². The maximum absolute atomic E-state index is 12.2. The van der Waals surface area contributed by atoms with Crippen LogP contribution in [-0.4, -0.2) is 17.9 Å². The molecular formula is C15H14O3S. The van der Waals surface area contributed by atoms with E-state index in [4.69, 9.17) is 4.74 Å². The van der Waals surface area contributed by atoms with Crippen molar-refractivity contribution in [2.24, 2.45) is 0 Å². The van der Waals surface area contributed by atoms with Crippen LogP contribution in [0.2, 0.25) is 0 Å². The SMILES string of the molecule is CC(=O)OC1C=C(C)C=C(Sc2ccccc2)C1=O. The number of thioether (sulfide) groups is 1. The molecular weight excluding hydrogens is 260 g/mol. The largest absolute Gasteiger partial charge is 0.450 e. The Balaban J connectivity index is 2.19. The quantitative estimate of drug-likeness (QED) is 0.794. The van der Waals surface area contributed by atoms with Crippen LogP contribution < -0.4 is 0 Å². The van der Waals surface area contributed by atoms with Crippen molar-refractivity contribution < 1.29 is 14.3 Å². The van der Waals surface area contributed by atoms with Crippen LogP contribution in [0.4, 0.5) is 0 Å². The molecule has 0 fully saturated rings. The van der Waals surface area contributed by atoms with Crippen molar-refractivity contribution in [2.45, 2.75) is 24.8 Å². The lowest BCUT2D eigenvalue weighted by atomic mass is 10.0. The number of esters is 1. The molecule has 19 heavy (non-hydrogen) atoms. The molecule has 0 aromatic heterocycles. The van der Waals surface area contributed by atoms with Crippen molar-refractivity contribution in [2.75, 3.05) is 0 Å². The van der Waals surface area contributed by atoms with E-state index in [0.717, 1.165) is 10.5 Å². The van der Waals surface area contributed by atoms with Gasteiger partial charge in [0, 0.05) is 11.8 Å². The van der Waals surface area contributed by atoms with Gasteiger partial charge in [-0.05, 0) is 36.8 Å². The highest BCUT2D eigenvalue weighted by Gasteiger charge is 2.26. The Morgan fingerprint density at radius 1 is 1.26 bits per heavy atom. The molecule has 1 aliphatic carbocycles. The van der Waals surface area contributed by atoms with Gasteiger partial charge in [0.1, 0.15) is 0 Å². The third-order valence-corrected chi connectivity index (χ3v) is 3.59. The number of carbonyl (C=O) groups excluding carboxylic acids is 2. The Hall–Kier alpha value is -1.81. The fraction of sp³-hybridized carbons (Fsp3) is 0.200. The number of Topliss-reactive ketones (excluding diaryl/α,β-unsaturated/α-hetero) is 1. The van der Waals surface area contributed by atoms with Gasteiger partial charge in [-0.1, -0.05) is 30.0 Å². The van der Waals surface area contributed by atoms with E-state index in [0.29, 0.717) is 4.91 Å². The Bertz CT molecular complexity index is 558. The van der Waals surface area contributed by atoms with Crippen molar-refractivity contribution in [1.82, 2.24) is 0 Å². The summed E-state index contributed by atoms with van der Waals surface area (Å²) < 4.78 is 5.02. The van der Waals surface area contributed by atoms with Gasteiger partial charge in [0.2, 0.25) is 5.78 Å². The molecule has 3 nitrogen and oxygen atoms in total. The lowest BCUT2D eigenvalue weighted by molar-refractivity contribution is -0.148. The maximum Gasteiger partial charge on any atom is 0.303 e. The first kappa shape index (κ1) is 13.6. The fourth-order valence-corrected chi connectivity index (χ4v) is 2.75. The van der Waals surface area contributed by atoms with Crippen molar-refractivity contribution in [3.63, 3.8) is 0 Å². The molecule has 0 bridgehead atoms. The number of carbonyl (C=O) groups is 2. The van der Waals surface area contributed by atoms with Gasteiger partial charge in [-0.3, -0.25) is 9.59 Å². The minimum atomic E-state index is -0.797. The molecule has 1 atom stereocenters. The average Bonchev–Trinajstić information content (AvgIpc) is 2.35. The summed E-state index contributed by atoms with van der Waals surface area (Å²) >= 11 is 1.39. The van der Waals surface area contributed by atoms with Crippen LogP contribution in [0.1, 0.15) is 13.8 Å². The summed E-state index contributed by atoms with van der Waals surface area (Å²) in [7, 11) is 0. The van der Waals surface area contributed by atoms with Crippen LogP contribution in [-0.2, 0) is 14.3 Å². The van der Waals surface area contributed by atoms with Crippen LogP contribution in [0, 0.1) is 0 Å². The smallest absolute Gasteiger partial charge is 0.303 e. The van der Waals surface area contributed by atoms with Gasteiger partial charge >= 0.3 is 5.97 Å². The Morgan fingerprint density at radius 2 is 1.95 bits per heavy atom. The van der Waals surface area contributed by atoms with Gasteiger partial charge in [-0.15, -0.1) is 0 Å². The van der Waals surface area contributed by atoms with Gasteiger partial charge in [-0.25, -0.2) is 0 Å². The van der Waals surface area contributed by atoms with Gasteiger partial charge in [0.25, 0.3) is 0 Å². The van der Waals surface area contributed by atoms with E-state index in [-0.39, 0.29) is 5.78 Å². The predicted octanol–water partition coefficient (Wildman–Crippen LogP) is 3.12. The maximum atomic E-state index is 12.2. The van der Waals surface area contributed by atoms with E-state index in [1.54, 1.807) is 6.08 Å². The number of ketones is 1. The van der Waals surface area contributed by atoms with Crippen LogP contribution in [0.3, 0.4) is 0 Å². The molecule has 0 saturated carbocycles. The lowest BCUT2D eigenvalue weighted by Gasteiger charge is -2.18. The topological polar surface area (TPSA) is 43.4 Å². The zero-order chi connectivity index (χ0) is 13.8. The van der Waals surface area contributed by atoms with Gasteiger partial charge in [-0.2, -0.15) is 0 Å². The second kappa shape index (κ2) is 5.89. The Labute approximate surface area is 116 Å². The molecule has 1 aromatic carbocycles. The number of rotatable bonds is 3. The fourth-order valence-electron chi connectivity index (χ4n) is 1.74. The summed E-state index contributed by atoms with van der Waals surface area (Å²) in [5, 5.41) is 0. The molecule has 4 heteroatoms. The summed E-state index contributed by atoms with van der Waals surface area (Å²) in [6, 6.07) is 9.64. The second-order valence-electron chi connectivity index (χ2n) is 4.23. The first-order valence-corrected chi connectivity index (χ1v) is 6.72. The second-order valence-corrected chi connectivity index (χ2v) is 5.34. The molecule has 1 aliphatic rings. The highest BCUT2D eigenvalue weighted by Crippen LogP contribution is 2.31. The number of benzene rings is 1. The minimum Gasteiger partial charge on any atom is -0.450 e. The highest BCUT2D eigenvalue weighted by molar-refractivity contribution is 8.04. The zero-order valence-corrected chi connectivity index (χ0v) is 11.6. The molecule has 0 spiro atoms. The number of hydrogen-bond donors (Lipinski definition) is 0. The average molecular weight is 274 g/mol. The molecule has 2 rings (SSSR count). The van der Waals surface area contributed by atoms with E-state index >= 15 is 0 Å². The van der Waals surface area contributed by atoms with Crippen LogP contribution in [0.15, 0.2) is 57.9 Å². The number of ether oxygens (including phenoxy) is 1. The molecule has 0 radical (unpaired) electrons. The van der Waals surface area contributed by atoms with E-state index in [1.807, 2.05) is 43.3 Å². The first-order valence-electron chi connectivity index (χ1n) is 5.91. The standard InChI is InChI=1S/C15H14O3S/c1-10-8-13(18-11(2)16)15(17)14(9-10)19-12-6-4-3-5-7-12/h3-9,13H,1-2H3. The molecule has 0 heterocycles. The lowest BCUT2D eigenvalue weighted by Crippen LogP contribution is -2.27. The molecule has 0 saturated heterocycles. The molecule has 1 aromatic rings. The highest BCUT2D eigenvalue weighted by atomic mass is 32.2. The van der Waals surface area contributed by atoms with Crippen molar-refractivity contribution >= 4 is 23.5 Å². The summed E-state index contributed by atoms with van der Waals surface area (Å²) in [5.74, 6) is -0.622. The normalized spacial score (nSPS) is 18.6. The van der Waals surface area contributed by atoms with E-state index in [2.05, 4.69) is 0 Å². The Kier molecular flexibility index (Phi) is 4.22. The molecule has 98 valence electrons. The summed E-state index contributed by atoms with van der Waals surface area (Å²) in [6.07, 6.45) is 2.69.